The number of rotatable bonds is 9. The van der Waals surface area contributed by atoms with Crippen LogP contribution in [-0.4, -0.2) is 34.8 Å². The zero-order chi connectivity index (χ0) is 22.2. The molecule has 1 heterocycles. The third kappa shape index (κ3) is 5.92. The molecular formula is C23H25N5O3. The molecule has 0 aliphatic carbocycles. The van der Waals surface area contributed by atoms with Gasteiger partial charge in [0.25, 0.3) is 0 Å². The summed E-state index contributed by atoms with van der Waals surface area (Å²) < 4.78 is 11.3. The van der Waals surface area contributed by atoms with Crippen LogP contribution >= 0.6 is 0 Å². The first kappa shape index (κ1) is 22.0. The number of hydrogen-bond acceptors (Lipinski definition) is 6. The van der Waals surface area contributed by atoms with Gasteiger partial charge < -0.3 is 25.5 Å². The number of carbonyl (C=O) groups is 1. The van der Waals surface area contributed by atoms with Crippen molar-refractivity contribution in [3.05, 3.63) is 66.0 Å². The van der Waals surface area contributed by atoms with E-state index in [9.17, 15) is 4.79 Å². The Hall–Kier alpha value is -3.67. The quantitative estimate of drug-likeness (QED) is 0.457. The Kier molecular flexibility index (Phi) is 7.38. The highest BCUT2D eigenvalue weighted by atomic mass is 16.7. The molecule has 2 unspecified atom stereocenters. The van der Waals surface area contributed by atoms with Crippen molar-refractivity contribution in [1.82, 2.24) is 9.97 Å². The molecule has 0 aliphatic rings. The van der Waals surface area contributed by atoms with Crippen molar-refractivity contribution in [2.75, 3.05) is 11.9 Å². The standard InChI is InChI=1S/C23H25N5O3/c1-3-30-15(2)31-21-9-8-18(22-26-10-11-27-22)13-20(21)28-23(29)19(25)12-16-4-6-17(14-24)7-5-16/h4-11,13,15,19H,3,12,25H2,1-2H3,(H,26,27)(H,28,29). The predicted molar refractivity (Wildman–Crippen MR) is 117 cm³/mol. The van der Waals surface area contributed by atoms with Crippen molar-refractivity contribution in [3.63, 3.8) is 0 Å². The van der Waals surface area contributed by atoms with Crippen LogP contribution in [0.4, 0.5) is 5.69 Å². The molecule has 8 heteroatoms. The lowest BCUT2D eigenvalue weighted by Crippen LogP contribution is -2.37. The zero-order valence-corrected chi connectivity index (χ0v) is 17.5. The second-order valence-corrected chi connectivity index (χ2v) is 6.90. The van der Waals surface area contributed by atoms with Crippen molar-refractivity contribution >= 4 is 11.6 Å². The number of nitrogens with zero attached hydrogens (tertiary/aromatic N) is 2. The highest BCUT2D eigenvalue weighted by molar-refractivity contribution is 5.96. The smallest absolute Gasteiger partial charge is 0.241 e. The maximum atomic E-state index is 12.8. The molecule has 2 aromatic carbocycles. The maximum Gasteiger partial charge on any atom is 0.241 e. The molecule has 1 amide bonds. The largest absolute Gasteiger partial charge is 0.463 e. The molecule has 31 heavy (non-hydrogen) atoms. The van der Waals surface area contributed by atoms with Gasteiger partial charge >= 0.3 is 0 Å². The van der Waals surface area contributed by atoms with Crippen LogP contribution in [0.15, 0.2) is 54.9 Å². The SMILES string of the molecule is CCOC(C)Oc1ccc(-c2ncc[nH]2)cc1NC(=O)C(N)Cc1ccc(C#N)cc1. The molecule has 3 aromatic rings. The molecule has 0 saturated heterocycles. The number of ether oxygens (including phenoxy) is 2. The lowest BCUT2D eigenvalue weighted by atomic mass is 10.0. The molecule has 4 N–H and O–H groups in total. The average molecular weight is 419 g/mol. The van der Waals surface area contributed by atoms with Gasteiger partial charge in [0.2, 0.25) is 5.91 Å². The monoisotopic (exact) mass is 419 g/mol. The lowest BCUT2D eigenvalue weighted by molar-refractivity contribution is -0.117. The van der Waals surface area contributed by atoms with Crippen LogP contribution < -0.4 is 15.8 Å². The van der Waals surface area contributed by atoms with Gasteiger partial charge in [-0.05, 0) is 56.2 Å². The van der Waals surface area contributed by atoms with Gasteiger partial charge in [-0.3, -0.25) is 4.79 Å². The van der Waals surface area contributed by atoms with Crippen molar-refractivity contribution < 1.29 is 14.3 Å². The fourth-order valence-electron chi connectivity index (χ4n) is 3.04. The third-order valence-corrected chi connectivity index (χ3v) is 4.58. The normalized spacial score (nSPS) is 12.6. The minimum absolute atomic E-state index is 0.334. The van der Waals surface area contributed by atoms with Crippen LogP contribution in [0.3, 0.4) is 0 Å². The van der Waals surface area contributed by atoms with Gasteiger partial charge in [-0.1, -0.05) is 12.1 Å². The van der Waals surface area contributed by atoms with Gasteiger partial charge in [0.1, 0.15) is 11.6 Å². The van der Waals surface area contributed by atoms with E-state index in [0.29, 0.717) is 35.9 Å². The number of nitrogens with one attached hydrogen (secondary N) is 2. The topological polar surface area (TPSA) is 126 Å². The van der Waals surface area contributed by atoms with E-state index in [4.69, 9.17) is 20.5 Å². The number of amides is 1. The van der Waals surface area contributed by atoms with Crippen LogP contribution in [0.25, 0.3) is 11.4 Å². The number of H-pyrrole nitrogens is 1. The van der Waals surface area contributed by atoms with E-state index < -0.39 is 12.3 Å². The fourth-order valence-corrected chi connectivity index (χ4v) is 3.04. The highest BCUT2D eigenvalue weighted by Gasteiger charge is 2.18. The number of anilines is 1. The summed E-state index contributed by atoms with van der Waals surface area (Å²) in [7, 11) is 0. The molecule has 0 bridgehead atoms. The Labute approximate surface area is 181 Å². The summed E-state index contributed by atoms with van der Waals surface area (Å²) in [5.41, 5.74) is 8.83. The summed E-state index contributed by atoms with van der Waals surface area (Å²) in [6.45, 7) is 4.17. The first-order chi connectivity index (χ1) is 15.0. The number of nitrogens with two attached hydrogens (primary N) is 1. The van der Waals surface area contributed by atoms with Gasteiger partial charge in [-0.15, -0.1) is 0 Å². The second kappa shape index (κ2) is 10.4. The Morgan fingerprint density at radius 2 is 2.06 bits per heavy atom. The summed E-state index contributed by atoms with van der Waals surface area (Å²) >= 11 is 0. The third-order valence-electron chi connectivity index (χ3n) is 4.58. The Morgan fingerprint density at radius 1 is 1.29 bits per heavy atom. The zero-order valence-electron chi connectivity index (χ0n) is 17.5. The van der Waals surface area contributed by atoms with E-state index >= 15 is 0 Å². The molecule has 3 rings (SSSR count). The minimum atomic E-state index is -0.780. The molecule has 0 fully saturated rings. The number of nitriles is 1. The van der Waals surface area contributed by atoms with Gasteiger partial charge in [-0.2, -0.15) is 5.26 Å². The summed E-state index contributed by atoms with van der Waals surface area (Å²) in [4.78, 5) is 20.1. The van der Waals surface area contributed by atoms with Crippen LogP contribution in [-0.2, 0) is 16.0 Å². The average Bonchev–Trinajstić information content (AvgIpc) is 3.30. The van der Waals surface area contributed by atoms with E-state index in [1.807, 2.05) is 13.0 Å². The molecule has 0 radical (unpaired) electrons. The van der Waals surface area contributed by atoms with Gasteiger partial charge in [0.15, 0.2) is 6.29 Å². The number of benzene rings is 2. The summed E-state index contributed by atoms with van der Waals surface area (Å²) in [6.07, 6.45) is 3.23. The highest BCUT2D eigenvalue weighted by Crippen LogP contribution is 2.30. The molecule has 0 spiro atoms. The minimum Gasteiger partial charge on any atom is -0.463 e. The van der Waals surface area contributed by atoms with Crippen LogP contribution in [0, 0.1) is 11.3 Å². The summed E-state index contributed by atoms with van der Waals surface area (Å²) in [6, 6.07) is 13.7. The molecule has 0 saturated carbocycles. The van der Waals surface area contributed by atoms with Crippen molar-refractivity contribution in [2.24, 2.45) is 5.73 Å². The van der Waals surface area contributed by atoms with Crippen molar-refractivity contribution in [1.29, 1.82) is 5.26 Å². The van der Waals surface area contributed by atoms with E-state index in [0.717, 1.165) is 11.1 Å². The van der Waals surface area contributed by atoms with Crippen LogP contribution in [0.1, 0.15) is 25.0 Å². The van der Waals surface area contributed by atoms with Gasteiger partial charge in [-0.25, -0.2) is 4.98 Å². The molecule has 0 aliphatic heterocycles. The Balaban J connectivity index is 1.78. The first-order valence-electron chi connectivity index (χ1n) is 9.97. The van der Waals surface area contributed by atoms with Gasteiger partial charge in [0, 0.05) is 24.6 Å². The number of hydrogen-bond donors (Lipinski definition) is 3. The molecule has 1 aromatic heterocycles. The Morgan fingerprint density at radius 3 is 2.71 bits per heavy atom. The van der Waals surface area contributed by atoms with Crippen LogP contribution in [0.5, 0.6) is 5.75 Å². The summed E-state index contributed by atoms with van der Waals surface area (Å²) in [5, 5.41) is 11.8. The molecule has 160 valence electrons. The number of carbonyl (C=O) groups excluding carboxylic acids is 1. The number of aromatic amines is 1. The van der Waals surface area contributed by atoms with E-state index in [1.54, 1.807) is 55.7 Å². The van der Waals surface area contributed by atoms with Crippen LogP contribution in [0.2, 0.25) is 0 Å². The molecular weight excluding hydrogens is 394 g/mol. The van der Waals surface area contributed by atoms with E-state index in [-0.39, 0.29) is 5.91 Å². The van der Waals surface area contributed by atoms with Gasteiger partial charge in [0.05, 0.1) is 23.4 Å². The second-order valence-electron chi connectivity index (χ2n) is 6.90. The summed E-state index contributed by atoms with van der Waals surface area (Å²) in [5.74, 6) is 0.784. The maximum absolute atomic E-state index is 12.8. The van der Waals surface area contributed by atoms with Crippen molar-refractivity contribution in [2.45, 2.75) is 32.6 Å². The molecule has 8 nitrogen and oxygen atoms in total. The predicted octanol–water partition coefficient (Wildman–Crippen LogP) is 3.22. The molecule has 2 atom stereocenters. The number of aromatic nitrogens is 2. The number of imidazole rings is 1. The van der Waals surface area contributed by atoms with E-state index in [1.165, 1.54) is 0 Å². The fraction of sp³-hybridized carbons (Fsp3) is 0.261. The van der Waals surface area contributed by atoms with Crippen molar-refractivity contribution in [3.8, 4) is 23.2 Å². The Bertz CT molecular complexity index is 1040. The van der Waals surface area contributed by atoms with E-state index in [2.05, 4.69) is 21.4 Å². The first-order valence-corrected chi connectivity index (χ1v) is 9.97. The lowest BCUT2D eigenvalue weighted by Gasteiger charge is -2.19.